The highest BCUT2D eigenvalue weighted by atomic mass is 32.2. The van der Waals surface area contributed by atoms with E-state index in [1.807, 2.05) is 0 Å². The molecule has 154 valence electrons. The first-order valence-electron chi connectivity index (χ1n) is 10.0. The smallest absolute Gasteiger partial charge is 0.201 e. The largest absolute Gasteiger partial charge is 0.396 e. The van der Waals surface area contributed by atoms with Crippen LogP contribution in [-0.4, -0.2) is 45.5 Å². The molecule has 2 rings (SSSR count). The molecule has 4 nitrogen and oxygen atoms in total. The molecule has 1 aliphatic carbocycles. The molecule has 1 aliphatic rings. The maximum Gasteiger partial charge on any atom is 0.201 e. The van der Waals surface area contributed by atoms with Crippen LogP contribution in [0.5, 0.6) is 0 Å². The number of carbonyl (C=O) groups is 2. The third kappa shape index (κ3) is 5.72. The number of ketones is 2. The molecular weight excluding hydrogens is 392 g/mol. The zero-order valence-electron chi connectivity index (χ0n) is 16.6. The topological polar surface area (TPSA) is 74.6 Å². The van der Waals surface area contributed by atoms with Crippen molar-refractivity contribution in [3.63, 3.8) is 0 Å². The Morgan fingerprint density at radius 1 is 0.750 bits per heavy atom. The summed E-state index contributed by atoms with van der Waals surface area (Å²) in [5.74, 6) is -0.193. The van der Waals surface area contributed by atoms with Gasteiger partial charge >= 0.3 is 0 Å². The van der Waals surface area contributed by atoms with Crippen LogP contribution in [-0.2, 0) is 0 Å². The summed E-state index contributed by atoms with van der Waals surface area (Å²) in [5.41, 5.74) is 0.931. The molecule has 0 radical (unpaired) electrons. The summed E-state index contributed by atoms with van der Waals surface area (Å²) in [7, 11) is 0. The molecule has 0 spiro atoms. The molecule has 0 heterocycles. The number of benzene rings is 1. The number of allylic oxidation sites excluding steroid dienone is 2. The Morgan fingerprint density at radius 2 is 1.14 bits per heavy atom. The highest BCUT2D eigenvalue weighted by molar-refractivity contribution is 8.08. The second kappa shape index (κ2) is 11.8. The molecule has 28 heavy (non-hydrogen) atoms. The van der Waals surface area contributed by atoms with Gasteiger partial charge in [0.15, 0.2) is 0 Å². The molecule has 1 aromatic rings. The molecule has 1 aromatic carbocycles. The summed E-state index contributed by atoms with van der Waals surface area (Å²) < 4.78 is 0. The van der Waals surface area contributed by atoms with Gasteiger partial charge in [-0.25, -0.2) is 0 Å². The van der Waals surface area contributed by atoms with E-state index in [-0.39, 0.29) is 35.3 Å². The van der Waals surface area contributed by atoms with Gasteiger partial charge < -0.3 is 10.2 Å². The van der Waals surface area contributed by atoms with Gasteiger partial charge in [0, 0.05) is 34.8 Å². The highest BCUT2D eigenvalue weighted by Crippen LogP contribution is 2.43. The highest BCUT2D eigenvalue weighted by Gasteiger charge is 2.35. The number of rotatable bonds is 12. The summed E-state index contributed by atoms with van der Waals surface area (Å²) in [4.78, 5) is 27.5. The van der Waals surface area contributed by atoms with E-state index in [4.69, 9.17) is 0 Å². The number of carbonyl (C=O) groups excluding carboxylic acids is 2. The van der Waals surface area contributed by atoms with Gasteiger partial charge in [-0.3, -0.25) is 9.59 Å². The van der Waals surface area contributed by atoms with E-state index >= 15 is 0 Å². The standard InChI is InChI=1S/C22H30O4S2/c1-3-7-15(11-13-23)27-21-19(25)17-9-5-6-10-18(17)20(26)22(21)28-16(8-4-2)12-14-24/h5-6,9-10,15-16,23-24H,3-4,7-8,11-14H2,1-2H3. The third-order valence-corrected chi connectivity index (χ3v) is 7.72. The predicted octanol–water partition coefficient (Wildman–Crippen LogP) is 4.85. The van der Waals surface area contributed by atoms with E-state index in [0.717, 1.165) is 25.7 Å². The molecule has 0 fully saturated rings. The summed E-state index contributed by atoms with van der Waals surface area (Å²) in [6.07, 6.45) is 4.86. The van der Waals surface area contributed by atoms with E-state index in [2.05, 4.69) is 13.8 Å². The van der Waals surface area contributed by atoms with Crippen molar-refractivity contribution < 1.29 is 19.8 Å². The van der Waals surface area contributed by atoms with Gasteiger partial charge in [-0.15, -0.1) is 23.5 Å². The molecular formula is C22H30O4S2. The summed E-state index contributed by atoms with van der Waals surface area (Å²) in [6.45, 7) is 4.29. The van der Waals surface area contributed by atoms with Gasteiger partial charge in [-0.05, 0) is 25.7 Å². The summed E-state index contributed by atoms with van der Waals surface area (Å²) in [6, 6.07) is 7.01. The fourth-order valence-corrected chi connectivity index (χ4v) is 6.28. The van der Waals surface area contributed by atoms with Crippen molar-refractivity contribution in [2.24, 2.45) is 0 Å². The average Bonchev–Trinajstić information content (AvgIpc) is 2.69. The van der Waals surface area contributed by atoms with Crippen LogP contribution in [0, 0.1) is 0 Å². The fraction of sp³-hybridized carbons (Fsp3) is 0.545. The van der Waals surface area contributed by atoms with E-state index in [9.17, 15) is 19.8 Å². The van der Waals surface area contributed by atoms with Crippen LogP contribution in [0.1, 0.15) is 73.1 Å². The summed E-state index contributed by atoms with van der Waals surface area (Å²) in [5, 5.41) is 19.0. The molecule has 0 saturated carbocycles. The van der Waals surface area contributed by atoms with E-state index < -0.39 is 0 Å². The van der Waals surface area contributed by atoms with Gasteiger partial charge in [0.25, 0.3) is 0 Å². The molecule has 0 saturated heterocycles. The lowest BCUT2D eigenvalue weighted by atomic mass is 9.94. The number of fused-ring (bicyclic) bond motifs is 1. The first-order valence-corrected chi connectivity index (χ1v) is 11.8. The molecule has 0 bridgehead atoms. The number of Topliss-reactive ketones (excluding diaryl/α,β-unsaturated/α-hetero) is 2. The number of hydrogen-bond acceptors (Lipinski definition) is 6. The lowest BCUT2D eigenvalue weighted by Gasteiger charge is -2.25. The minimum absolute atomic E-state index is 0.0646. The molecule has 6 heteroatoms. The van der Waals surface area contributed by atoms with Crippen LogP contribution in [0.25, 0.3) is 0 Å². The van der Waals surface area contributed by atoms with Crippen molar-refractivity contribution in [1.29, 1.82) is 0 Å². The molecule has 2 N–H and O–H groups in total. The minimum Gasteiger partial charge on any atom is -0.396 e. The van der Waals surface area contributed by atoms with E-state index in [0.29, 0.717) is 33.8 Å². The first-order chi connectivity index (χ1) is 13.6. The number of aliphatic hydroxyl groups is 2. The van der Waals surface area contributed by atoms with E-state index in [1.165, 1.54) is 23.5 Å². The number of aliphatic hydroxyl groups excluding tert-OH is 2. The zero-order chi connectivity index (χ0) is 20.5. The van der Waals surface area contributed by atoms with Crippen molar-refractivity contribution in [2.45, 2.75) is 62.9 Å². The van der Waals surface area contributed by atoms with Crippen molar-refractivity contribution in [3.05, 3.63) is 45.2 Å². The Morgan fingerprint density at radius 3 is 1.46 bits per heavy atom. The Labute approximate surface area is 176 Å². The average molecular weight is 423 g/mol. The van der Waals surface area contributed by atoms with Crippen molar-refractivity contribution in [2.75, 3.05) is 13.2 Å². The van der Waals surface area contributed by atoms with Crippen molar-refractivity contribution in [3.8, 4) is 0 Å². The maximum atomic E-state index is 13.3. The lowest BCUT2D eigenvalue weighted by molar-refractivity contribution is 0.0988. The molecule has 0 aromatic heterocycles. The third-order valence-electron chi connectivity index (χ3n) is 4.73. The first kappa shape index (κ1) is 23.2. The maximum absolute atomic E-state index is 13.3. The van der Waals surface area contributed by atoms with E-state index in [1.54, 1.807) is 24.3 Å². The van der Waals surface area contributed by atoms with Gasteiger partial charge in [0.1, 0.15) is 0 Å². The number of hydrogen-bond donors (Lipinski definition) is 2. The van der Waals surface area contributed by atoms with Crippen molar-refractivity contribution >= 4 is 35.1 Å². The molecule has 0 aliphatic heterocycles. The Balaban J connectivity index is 2.45. The number of thioether (sulfide) groups is 2. The quantitative estimate of drug-likeness (QED) is 0.502. The van der Waals surface area contributed by atoms with Crippen LogP contribution in [0.2, 0.25) is 0 Å². The van der Waals surface area contributed by atoms with Gasteiger partial charge in [0.2, 0.25) is 11.6 Å². The zero-order valence-corrected chi connectivity index (χ0v) is 18.3. The Bertz CT molecular complexity index is 643. The van der Waals surface area contributed by atoms with Gasteiger partial charge in [-0.2, -0.15) is 0 Å². The summed E-state index contributed by atoms with van der Waals surface area (Å²) >= 11 is 2.88. The van der Waals surface area contributed by atoms with Gasteiger partial charge in [-0.1, -0.05) is 51.0 Å². The second-order valence-electron chi connectivity index (χ2n) is 6.94. The Kier molecular flexibility index (Phi) is 9.79. The normalized spacial score (nSPS) is 16.3. The molecule has 2 atom stereocenters. The molecule has 0 amide bonds. The van der Waals surface area contributed by atoms with Crippen LogP contribution in [0.3, 0.4) is 0 Å². The fourth-order valence-electron chi connectivity index (χ4n) is 3.33. The van der Waals surface area contributed by atoms with Crippen LogP contribution < -0.4 is 0 Å². The van der Waals surface area contributed by atoms with Crippen LogP contribution >= 0.6 is 23.5 Å². The van der Waals surface area contributed by atoms with Gasteiger partial charge in [0.05, 0.1) is 9.81 Å². The SMILES string of the molecule is CCCC(CCO)SC1=C(SC(CCC)CCO)C(=O)c2ccccc2C1=O. The van der Waals surface area contributed by atoms with Crippen LogP contribution in [0.4, 0.5) is 0 Å². The monoisotopic (exact) mass is 422 g/mol. The minimum atomic E-state index is -0.0963. The Hall–Kier alpha value is -1.08. The molecule has 2 unspecified atom stereocenters. The predicted molar refractivity (Wildman–Crippen MR) is 118 cm³/mol. The van der Waals surface area contributed by atoms with Crippen LogP contribution in [0.15, 0.2) is 34.1 Å². The second-order valence-corrected chi connectivity index (χ2v) is 9.56. The van der Waals surface area contributed by atoms with Crippen molar-refractivity contribution in [1.82, 2.24) is 0 Å². The lowest BCUT2D eigenvalue weighted by Crippen LogP contribution is -2.22.